The molecule has 0 bridgehead atoms. The van der Waals surface area contributed by atoms with Crippen molar-refractivity contribution in [1.29, 1.82) is 0 Å². The summed E-state index contributed by atoms with van der Waals surface area (Å²) in [7, 11) is 0. The second kappa shape index (κ2) is 8.43. The van der Waals surface area contributed by atoms with Crippen LogP contribution in [0.3, 0.4) is 0 Å². The first-order valence-electron chi connectivity index (χ1n) is 9.36. The van der Waals surface area contributed by atoms with E-state index in [-0.39, 0.29) is 18.0 Å². The summed E-state index contributed by atoms with van der Waals surface area (Å²) in [6.07, 6.45) is 8.07. The third kappa shape index (κ3) is 5.01. The van der Waals surface area contributed by atoms with Crippen molar-refractivity contribution in [3.05, 3.63) is 39.9 Å². The number of non-ortho nitro benzene ring substituents is 1. The van der Waals surface area contributed by atoms with Crippen LogP contribution >= 0.6 is 0 Å². The predicted molar refractivity (Wildman–Crippen MR) is 96.4 cm³/mol. The number of nitro groups is 1. The zero-order valence-electron chi connectivity index (χ0n) is 14.7. The van der Waals surface area contributed by atoms with Gasteiger partial charge in [0.05, 0.1) is 11.3 Å². The number of benzene rings is 1. The largest absolute Gasteiger partial charge is 0.356 e. The summed E-state index contributed by atoms with van der Waals surface area (Å²) >= 11 is 0. The molecule has 1 saturated carbocycles. The number of rotatable bonds is 6. The van der Waals surface area contributed by atoms with Crippen molar-refractivity contribution in [2.45, 2.75) is 51.0 Å². The molecule has 1 aliphatic heterocycles. The Bertz CT molecular complexity index is 588. The number of amides is 1. The number of likely N-dealkylation sites (tertiary alicyclic amines) is 1. The first kappa shape index (κ1) is 17.9. The van der Waals surface area contributed by atoms with Crippen LogP contribution in [0.4, 0.5) is 5.69 Å². The lowest BCUT2D eigenvalue weighted by atomic mass is 9.95. The minimum atomic E-state index is -0.429. The van der Waals surface area contributed by atoms with Crippen LogP contribution < -0.4 is 5.32 Å². The molecule has 0 aromatic heterocycles. The quantitative estimate of drug-likeness (QED) is 0.635. The van der Waals surface area contributed by atoms with E-state index < -0.39 is 4.92 Å². The highest BCUT2D eigenvalue weighted by Gasteiger charge is 2.27. The molecule has 2 aliphatic rings. The van der Waals surface area contributed by atoms with E-state index in [1.807, 2.05) is 0 Å². The van der Waals surface area contributed by atoms with Crippen molar-refractivity contribution < 1.29 is 9.72 Å². The smallest absolute Gasteiger partial charge is 0.269 e. The monoisotopic (exact) mass is 345 g/mol. The van der Waals surface area contributed by atoms with Gasteiger partial charge in [-0.15, -0.1) is 0 Å². The maximum absolute atomic E-state index is 12.1. The van der Waals surface area contributed by atoms with Gasteiger partial charge in [-0.1, -0.05) is 25.0 Å². The minimum absolute atomic E-state index is 0.00734. The molecule has 25 heavy (non-hydrogen) atoms. The molecule has 0 radical (unpaired) electrons. The highest BCUT2D eigenvalue weighted by molar-refractivity contribution is 5.78. The molecule has 2 fully saturated rings. The average Bonchev–Trinajstić information content (AvgIpc) is 3.15. The van der Waals surface area contributed by atoms with Gasteiger partial charge >= 0.3 is 0 Å². The van der Waals surface area contributed by atoms with Crippen LogP contribution in [0, 0.1) is 16.0 Å². The Balaban J connectivity index is 1.37. The highest BCUT2D eigenvalue weighted by Crippen LogP contribution is 2.27. The number of carbonyl (C=O) groups excluding carboxylic acids is 1. The van der Waals surface area contributed by atoms with Crippen LogP contribution in [0.25, 0.3) is 0 Å². The number of piperidine rings is 1. The molecule has 3 rings (SSSR count). The highest BCUT2D eigenvalue weighted by atomic mass is 16.6. The summed E-state index contributed by atoms with van der Waals surface area (Å²) in [5, 5.41) is 13.7. The first-order valence-corrected chi connectivity index (χ1v) is 9.36. The van der Waals surface area contributed by atoms with Gasteiger partial charge in [-0.25, -0.2) is 0 Å². The number of nitrogens with one attached hydrogen (secondary N) is 1. The van der Waals surface area contributed by atoms with E-state index in [9.17, 15) is 14.9 Å². The van der Waals surface area contributed by atoms with Crippen molar-refractivity contribution in [2.75, 3.05) is 19.6 Å². The van der Waals surface area contributed by atoms with E-state index in [0.29, 0.717) is 5.92 Å². The molecule has 1 N–H and O–H groups in total. The van der Waals surface area contributed by atoms with Gasteiger partial charge in [-0.2, -0.15) is 0 Å². The van der Waals surface area contributed by atoms with Crippen LogP contribution in [0.5, 0.6) is 0 Å². The maximum atomic E-state index is 12.1. The van der Waals surface area contributed by atoms with Crippen molar-refractivity contribution >= 4 is 11.6 Å². The van der Waals surface area contributed by atoms with E-state index in [4.69, 9.17) is 0 Å². The summed E-state index contributed by atoms with van der Waals surface area (Å²) in [5.41, 5.74) is 0.859. The van der Waals surface area contributed by atoms with Gasteiger partial charge in [0, 0.05) is 24.7 Å². The lowest BCUT2D eigenvalue weighted by molar-refractivity contribution is -0.384. The maximum Gasteiger partial charge on any atom is 0.269 e. The lowest BCUT2D eigenvalue weighted by Gasteiger charge is -2.36. The fourth-order valence-electron chi connectivity index (χ4n) is 4.03. The van der Waals surface area contributed by atoms with Gasteiger partial charge in [0.2, 0.25) is 5.91 Å². The Labute approximate surface area is 148 Å². The molecule has 1 saturated heterocycles. The molecule has 1 amide bonds. The molecule has 1 aromatic rings. The van der Waals surface area contributed by atoms with Gasteiger partial charge in [0.25, 0.3) is 5.69 Å². The Kier molecular flexibility index (Phi) is 6.02. The van der Waals surface area contributed by atoms with Crippen LogP contribution in [0.15, 0.2) is 24.3 Å². The molecule has 6 heteroatoms. The lowest BCUT2D eigenvalue weighted by Crippen LogP contribution is -2.42. The number of carbonyl (C=O) groups is 1. The van der Waals surface area contributed by atoms with Gasteiger partial charge in [0.1, 0.15) is 0 Å². The van der Waals surface area contributed by atoms with Gasteiger partial charge in [-0.3, -0.25) is 14.9 Å². The Morgan fingerprint density at radius 2 is 1.76 bits per heavy atom. The van der Waals surface area contributed by atoms with Crippen LogP contribution in [-0.2, 0) is 11.2 Å². The van der Waals surface area contributed by atoms with E-state index >= 15 is 0 Å². The van der Waals surface area contributed by atoms with Gasteiger partial charge < -0.3 is 10.2 Å². The van der Waals surface area contributed by atoms with Gasteiger partial charge in [0.15, 0.2) is 0 Å². The average molecular weight is 345 g/mol. The molecular formula is C19H27N3O3. The van der Waals surface area contributed by atoms with Gasteiger partial charge in [-0.05, 0) is 50.3 Å². The number of nitrogens with zero attached hydrogens (tertiary/aromatic N) is 2. The van der Waals surface area contributed by atoms with E-state index in [1.54, 1.807) is 12.1 Å². The fourth-order valence-corrected chi connectivity index (χ4v) is 4.03. The number of hydrogen-bond donors (Lipinski definition) is 1. The van der Waals surface area contributed by atoms with Crippen molar-refractivity contribution in [2.24, 2.45) is 5.92 Å². The van der Waals surface area contributed by atoms with Crippen molar-refractivity contribution in [3.8, 4) is 0 Å². The predicted octanol–water partition coefficient (Wildman–Crippen LogP) is 2.91. The third-order valence-electron chi connectivity index (χ3n) is 5.59. The topological polar surface area (TPSA) is 75.5 Å². The molecule has 0 atom stereocenters. The van der Waals surface area contributed by atoms with E-state index in [2.05, 4.69) is 10.2 Å². The van der Waals surface area contributed by atoms with E-state index in [0.717, 1.165) is 44.1 Å². The van der Waals surface area contributed by atoms with E-state index in [1.165, 1.54) is 37.8 Å². The molecule has 1 aliphatic carbocycles. The minimum Gasteiger partial charge on any atom is -0.356 e. The first-order chi connectivity index (χ1) is 12.1. The van der Waals surface area contributed by atoms with Crippen LogP contribution in [0.2, 0.25) is 0 Å². The molecule has 136 valence electrons. The summed E-state index contributed by atoms with van der Waals surface area (Å²) in [6.45, 7) is 3.06. The Morgan fingerprint density at radius 1 is 1.12 bits per heavy atom. The fraction of sp³-hybridized carbons (Fsp3) is 0.632. The molecule has 6 nitrogen and oxygen atoms in total. The third-order valence-corrected chi connectivity index (χ3v) is 5.59. The summed E-state index contributed by atoms with van der Waals surface area (Å²) in [4.78, 5) is 24.9. The normalized spacial score (nSPS) is 19.8. The Hall–Kier alpha value is -1.95. The molecule has 1 aromatic carbocycles. The van der Waals surface area contributed by atoms with Crippen LogP contribution in [-0.4, -0.2) is 41.4 Å². The number of nitro benzene ring substituents is 1. The molecular weight excluding hydrogens is 318 g/mol. The summed E-state index contributed by atoms with van der Waals surface area (Å²) in [6, 6.07) is 7.00. The zero-order chi connectivity index (χ0) is 17.6. The number of hydrogen-bond acceptors (Lipinski definition) is 4. The summed E-state index contributed by atoms with van der Waals surface area (Å²) in [5.74, 6) is 0.561. The van der Waals surface area contributed by atoms with Crippen LogP contribution in [0.1, 0.15) is 44.1 Å². The van der Waals surface area contributed by atoms with Crippen molar-refractivity contribution in [1.82, 2.24) is 10.2 Å². The Morgan fingerprint density at radius 3 is 2.36 bits per heavy atom. The molecule has 0 unspecified atom stereocenters. The SMILES string of the molecule is O=C(Cc1ccc([N+](=O)[O-])cc1)NCC1CCN(C2CCCC2)CC1. The zero-order valence-corrected chi connectivity index (χ0v) is 14.7. The second-order valence-electron chi connectivity index (χ2n) is 7.32. The second-order valence-corrected chi connectivity index (χ2v) is 7.32. The standard InChI is InChI=1S/C19H27N3O3/c23-19(13-15-5-7-18(8-6-15)22(24)25)20-14-16-9-11-21(12-10-16)17-3-1-2-4-17/h5-8,16-17H,1-4,9-14H2,(H,20,23). The summed E-state index contributed by atoms with van der Waals surface area (Å²) < 4.78 is 0. The molecule has 0 spiro atoms. The molecule has 1 heterocycles. The van der Waals surface area contributed by atoms with Crippen molar-refractivity contribution in [3.63, 3.8) is 0 Å².